The van der Waals surface area contributed by atoms with Crippen molar-refractivity contribution in [3.63, 3.8) is 0 Å². The van der Waals surface area contributed by atoms with Crippen LogP contribution in [0.3, 0.4) is 0 Å². The summed E-state index contributed by atoms with van der Waals surface area (Å²) in [6.45, 7) is 5.80. The van der Waals surface area contributed by atoms with Gasteiger partial charge in [0.1, 0.15) is 0 Å². The average Bonchev–Trinajstić information content (AvgIpc) is 2.29. The van der Waals surface area contributed by atoms with E-state index >= 15 is 0 Å². The van der Waals surface area contributed by atoms with E-state index in [2.05, 4.69) is 29.0 Å². The summed E-state index contributed by atoms with van der Waals surface area (Å²) in [5.41, 5.74) is 1.34. The molecule has 82 valence electrons. The van der Waals surface area contributed by atoms with Crippen LogP contribution in [0, 0.1) is 0 Å². The molecule has 0 aliphatic rings. The average molecular weight is 222 g/mol. The summed E-state index contributed by atoms with van der Waals surface area (Å²) in [6, 6.07) is 4.13. The Morgan fingerprint density at radius 1 is 1.33 bits per heavy atom. The molecule has 0 unspecified atom stereocenters. The molecule has 15 heavy (non-hydrogen) atoms. The third-order valence-corrected chi connectivity index (χ3v) is 2.96. The Hall–Kier alpha value is -0.800. The summed E-state index contributed by atoms with van der Waals surface area (Å²) in [5.74, 6) is 2.20. The number of thioether (sulfide) groups is 1. The molecule has 0 fully saturated rings. The zero-order valence-corrected chi connectivity index (χ0v) is 9.80. The first-order valence-electron chi connectivity index (χ1n) is 5.21. The monoisotopic (exact) mass is 222 g/mol. The Labute approximate surface area is 96.2 Å². The van der Waals surface area contributed by atoms with Gasteiger partial charge < -0.3 is 5.32 Å². The molecule has 1 aromatic rings. The minimum absolute atomic E-state index is 1.04. The molecule has 1 N–H and O–H groups in total. The van der Waals surface area contributed by atoms with Crippen LogP contribution in [0.2, 0.25) is 0 Å². The van der Waals surface area contributed by atoms with Gasteiger partial charge in [-0.1, -0.05) is 6.08 Å². The van der Waals surface area contributed by atoms with Crippen molar-refractivity contribution in [3.05, 3.63) is 42.7 Å². The zero-order valence-electron chi connectivity index (χ0n) is 8.98. The first-order valence-corrected chi connectivity index (χ1v) is 6.37. The largest absolute Gasteiger partial charge is 0.316 e. The molecule has 2 nitrogen and oxygen atoms in total. The van der Waals surface area contributed by atoms with E-state index in [1.807, 2.05) is 30.2 Å². The lowest BCUT2D eigenvalue weighted by molar-refractivity contribution is 0.721. The van der Waals surface area contributed by atoms with Crippen LogP contribution in [-0.2, 0) is 6.42 Å². The van der Waals surface area contributed by atoms with Crippen molar-refractivity contribution in [1.82, 2.24) is 10.3 Å². The van der Waals surface area contributed by atoms with Crippen molar-refractivity contribution in [1.29, 1.82) is 0 Å². The smallest absolute Gasteiger partial charge is 0.0270 e. The third-order valence-electron chi connectivity index (χ3n) is 2.00. The zero-order chi connectivity index (χ0) is 10.8. The number of hydrogen-bond donors (Lipinski definition) is 1. The van der Waals surface area contributed by atoms with E-state index in [1.54, 1.807) is 0 Å². The lowest BCUT2D eigenvalue weighted by atomic mass is 10.2. The number of hydrogen-bond acceptors (Lipinski definition) is 3. The van der Waals surface area contributed by atoms with Crippen LogP contribution < -0.4 is 5.32 Å². The SMILES string of the molecule is C=CCSCCNCCc1ccncc1. The van der Waals surface area contributed by atoms with Crippen LogP contribution in [0.15, 0.2) is 37.2 Å². The molecule has 0 aromatic carbocycles. The van der Waals surface area contributed by atoms with Crippen molar-refractivity contribution < 1.29 is 0 Å². The van der Waals surface area contributed by atoms with Gasteiger partial charge >= 0.3 is 0 Å². The minimum atomic E-state index is 1.04. The number of rotatable bonds is 8. The van der Waals surface area contributed by atoms with Crippen LogP contribution in [-0.4, -0.2) is 29.6 Å². The van der Waals surface area contributed by atoms with Gasteiger partial charge in [0.15, 0.2) is 0 Å². The molecule has 0 saturated heterocycles. The van der Waals surface area contributed by atoms with Crippen molar-refractivity contribution in [2.24, 2.45) is 0 Å². The first kappa shape index (κ1) is 12.3. The van der Waals surface area contributed by atoms with Gasteiger partial charge in [-0.3, -0.25) is 4.98 Å². The van der Waals surface area contributed by atoms with E-state index in [-0.39, 0.29) is 0 Å². The molecule has 0 bridgehead atoms. The molecule has 0 amide bonds. The molecule has 3 heteroatoms. The van der Waals surface area contributed by atoms with Gasteiger partial charge in [-0.05, 0) is 30.7 Å². The fourth-order valence-electron chi connectivity index (χ4n) is 1.22. The molecule has 0 radical (unpaired) electrons. The molecule has 0 spiro atoms. The summed E-state index contributed by atoms with van der Waals surface area (Å²) in [7, 11) is 0. The summed E-state index contributed by atoms with van der Waals surface area (Å²) in [4.78, 5) is 3.99. The highest BCUT2D eigenvalue weighted by Crippen LogP contribution is 1.98. The Kier molecular flexibility index (Phi) is 6.96. The standard InChI is InChI=1S/C12H18N2S/c1-2-10-15-11-9-14-8-5-12-3-6-13-7-4-12/h2-4,6-7,14H,1,5,8-11H2. The van der Waals surface area contributed by atoms with Gasteiger partial charge in [0, 0.05) is 30.4 Å². The Bertz CT molecular complexity index is 262. The fraction of sp³-hybridized carbons (Fsp3) is 0.417. The molecule has 0 saturated carbocycles. The second-order valence-corrected chi connectivity index (χ2v) is 4.37. The lowest BCUT2D eigenvalue weighted by Crippen LogP contribution is -2.20. The lowest BCUT2D eigenvalue weighted by Gasteiger charge is -2.03. The van der Waals surface area contributed by atoms with Crippen LogP contribution in [0.4, 0.5) is 0 Å². The number of pyridine rings is 1. The molecule has 0 aliphatic heterocycles. The van der Waals surface area contributed by atoms with E-state index in [0.717, 1.165) is 31.0 Å². The Morgan fingerprint density at radius 3 is 2.87 bits per heavy atom. The van der Waals surface area contributed by atoms with Crippen LogP contribution in [0.5, 0.6) is 0 Å². The van der Waals surface area contributed by atoms with Gasteiger partial charge in [0.05, 0.1) is 0 Å². The predicted molar refractivity (Wildman–Crippen MR) is 68.3 cm³/mol. The molecular formula is C12H18N2S. The van der Waals surface area contributed by atoms with Gasteiger partial charge in [-0.2, -0.15) is 11.8 Å². The van der Waals surface area contributed by atoms with Crippen LogP contribution >= 0.6 is 11.8 Å². The van der Waals surface area contributed by atoms with Crippen molar-refractivity contribution in [2.75, 3.05) is 24.6 Å². The molecular weight excluding hydrogens is 204 g/mol. The van der Waals surface area contributed by atoms with Crippen molar-refractivity contribution in [3.8, 4) is 0 Å². The summed E-state index contributed by atoms with van der Waals surface area (Å²) in [5, 5.41) is 3.42. The molecule has 1 aromatic heterocycles. The second kappa shape index (κ2) is 8.50. The van der Waals surface area contributed by atoms with E-state index in [0.29, 0.717) is 0 Å². The number of nitrogens with one attached hydrogen (secondary N) is 1. The first-order chi connectivity index (χ1) is 7.43. The second-order valence-electron chi connectivity index (χ2n) is 3.22. The number of nitrogens with zero attached hydrogens (tertiary/aromatic N) is 1. The van der Waals surface area contributed by atoms with Crippen molar-refractivity contribution >= 4 is 11.8 Å². The maximum atomic E-state index is 3.99. The Morgan fingerprint density at radius 2 is 2.13 bits per heavy atom. The van der Waals surface area contributed by atoms with E-state index in [9.17, 15) is 0 Å². The maximum absolute atomic E-state index is 3.99. The highest BCUT2D eigenvalue weighted by atomic mass is 32.2. The van der Waals surface area contributed by atoms with E-state index < -0.39 is 0 Å². The quantitative estimate of drug-likeness (QED) is 0.539. The normalized spacial score (nSPS) is 10.1. The highest BCUT2D eigenvalue weighted by molar-refractivity contribution is 7.99. The van der Waals surface area contributed by atoms with E-state index in [1.165, 1.54) is 5.56 Å². The minimum Gasteiger partial charge on any atom is -0.316 e. The maximum Gasteiger partial charge on any atom is 0.0270 e. The third kappa shape index (κ3) is 6.31. The summed E-state index contributed by atoms with van der Waals surface area (Å²) >= 11 is 1.91. The van der Waals surface area contributed by atoms with Gasteiger partial charge in [0.2, 0.25) is 0 Å². The van der Waals surface area contributed by atoms with E-state index in [4.69, 9.17) is 0 Å². The predicted octanol–water partition coefficient (Wildman–Crippen LogP) is 2.13. The van der Waals surface area contributed by atoms with Gasteiger partial charge in [-0.15, -0.1) is 6.58 Å². The van der Waals surface area contributed by atoms with Crippen molar-refractivity contribution in [2.45, 2.75) is 6.42 Å². The topological polar surface area (TPSA) is 24.9 Å². The van der Waals surface area contributed by atoms with Gasteiger partial charge in [-0.25, -0.2) is 0 Å². The molecule has 0 aliphatic carbocycles. The summed E-state index contributed by atoms with van der Waals surface area (Å²) in [6.07, 6.45) is 6.71. The highest BCUT2D eigenvalue weighted by Gasteiger charge is 1.91. The molecule has 0 atom stereocenters. The molecule has 1 rings (SSSR count). The number of aromatic nitrogens is 1. The molecule has 1 heterocycles. The van der Waals surface area contributed by atoms with Crippen LogP contribution in [0.1, 0.15) is 5.56 Å². The van der Waals surface area contributed by atoms with Gasteiger partial charge in [0.25, 0.3) is 0 Å². The Balaban J connectivity index is 1.95. The van der Waals surface area contributed by atoms with Crippen LogP contribution in [0.25, 0.3) is 0 Å². The summed E-state index contributed by atoms with van der Waals surface area (Å²) < 4.78 is 0. The fourth-order valence-corrected chi connectivity index (χ4v) is 1.84.